The maximum absolute atomic E-state index is 12.1. The molecule has 1 unspecified atom stereocenters. The first-order valence-electron chi connectivity index (χ1n) is 5.84. The zero-order chi connectivity index (χ0) is 14.0. The van der Waals surface area contributed by atoms with Crippen LogP contribution in [0.15, 0.2) is 47.4 Å². The van der Waals surface area contributed by atoms with Crippen LogP contribution in [0.3, 0.4) is 0 Å². The van der Waals surface area contributed by atoms with Crippen LogP contribution in [0, 0.1) is 5.92 Å². The first-order valence-corrected chi connectivity index (χ1v) is 7.50. The fourth-order valence-corrected chi connectivity index (χ4v) is 3.43. The molecule has 0 heterocycles. The van der Waals surface area contributed by atoms with E-state index in [1.165, 1.54) is 13.0 Å². The molecule has 2 aromatic carbocycles. The van der Waals surface area contributed by atoms with E-state index in [9.17, 15) is 13.2 Å². The van der Waals surface area contributed by atoms with E-state index >= 15 is 0 Å². The zero-order valence-corrected chi connectivity index (χ0v) is 11.2. The minimum Gasteiger partial charge on any atom is -0.481 e. The van der Waals surface area contributed by atoms with Crippen molar-refractivity contribution in [1.29, 1.82) is 0 Å². The van der Waals surface area contributed by atoms with Crippen LogP contribution in [0.2, 0.25) is 0 Å². The Bertz CT molecular complexity index is 719. The summed E-state index contributed by atoms with van der Waals surface area (Å²) in [4.78, 5) is 10.9. The van der Waals surface area contributed by atoms with E-state index in [1.54, 1.807) is 12.1 Å². The number of rotatable bonds is 4. The Morgan fingerprint density at radius 1 is 1.16 bits per heavy atom. The molecule has 4 nitrogen and oxygen atoms in total. The Kier molecular flexibility index (Phi) is 3.57. The van der Waals surface area contributed by atoms with Crippen LogP contribution < -0.4 is 0 Å². The van der Waals surface area contributed by atoms with E-state index in [0.717, 1.165) is 10.8 Å². The smallest absolute Gasteiger partial charge is 0.307 e. The van der Waals surface area contributed by atoms with Crippen molar-refractivity contribution >= 4 is 26.6 Å². The van der Waals surface area contributed by atoms with Gasteiger partial charge in [-0.05, 0) is 22.9 Å². The van der Waals surface area contributed by atoms with Gasteiger partial charge in [0.15, 0.2) is 9.84 Å². The summed E-state index contributed by atoms with van der Waals surface area (Å²) in [5.74, 6) is -2.42. The first-order chi connectivity index (χ1) is 8.90. The number of aliphatic carboxylic acids is 1. The number of benzene rings is 2. The number of sulfone groups is 1. The molecule has 2 aromatic rings. The highest BCUT2D eigenvalue weighted by molar-refractivity contribution is 7.91. The van der Waals surface area contributed by atoms with Gasteiger partial charge < -0.3 is 5.11 Å². The van der Waals surface area contributed by atoms with Gasteiger partial charge in [-0.3, -0.25) is 4.79 Å². The second-order valence-corrected chi connectivity index (χ2v) is 6.56. The molecule has 0 aliphatic heterocycles. The van der Waals surface area contributed by atoms with Gasteiger partial charge in [0, 0.05) is 0 Å². The van der Waals surface area contributed by atoms with Gasteiger partial charge in [0.1, 0.15) is 0 Å². The molecule has 0 aliphatic rings. The summed E-state index contributed by atoms with van der Waals surface area (Å²) in [5.41, 5.74) is 0. The maximum Gasteiger partial charge on any atom is 0.307 e. The predicted molar refractivity (Wildman–Crippen MR) is 72.8 cm³/mol. The van der Waals surface area contributed by atoms with E-state index in [0.29, 0.717) is 0 Å². The summed E-state index contributed by atoms with van der Waals surface area (Å²) in [6.45, 7) is 1.39. The normalized spacial score (nSPS) is 13.3. The number of carboxylic acids is 1. The molecule has 0 aromatic heterocycles. The molecule has 2 rings (SSSR count). The fraction of sp³-hybridized carbons (Fsp3) is 0.214. The van der Waals surface area contributed by atoms with E-state index in [2.05, 4.69) is 0 Å². The van der Waals surface area contributed by atoms with Gasteiger partial charge in [0.25, 0.3) is 0 Å². The molecule has 0 spiro atoms. The molecule has 5 heteroatoms. The van der Waals surface area contributed by atoms with Crippen molar-refractivity contribution in [2.75, 3.05) is 5.75 Å². The van der Waals surface area contributed by atoms with E-state index in [-0.39, 0.29) is 10.6 Å². The molecule has 0 amide bonds. The molecule has 1 atom stereocenters. The standard InChI is InChI=1S/C14H14O4S/c1-10(14(15)16)9-19(17,18)13-7-6-11-4-2-3-5-12(11)8-13/h2-8,10H,9H2,1H3,(H,15,16). The summed E-state index contributed by atoms with van der Waals surface area (Å²) < 4.78 is 24.3. The molecule has 0 radical (unpaired) electrons. The van der Waals surface area contributed by atoms with Gasteiger partial charge in [0.05, 0.1) is 16.6 Å². The van der Waals surface area contributed by atoms with Crippen LogP contribution in [-0.2, 0) is 14.6 Å². The fourth-order valence-electron chi connectivity index (χ4n) is 1.86. The third-order valence-corrected chi connectivity index (χ3v) is 4.88. The van der Waals surface area contributed by atoms with E-state index in [1.807, 2.05) is 24.3 Å². The van der Waals surface area contributed by atoms with Crippen LogP contribution in [0.4, 0.5) is 0 Å². The third kappa shape index (κ3) is 2.93. The minimum absolute atomic E-state index is 0.166. The summed E-state index contributed by atoms with van der Waals surface area (Å²) in [5, 5.41) is 10.6. The van der Waals surface area contributed by atoms with Crippen LogP contribution >= 0.6 is 0 Å². The Labute approximate surface area is 111 Å². The van der Waals surface area contributed by atoms with Crippen molar-refractivity contribution in [3.8, 4) is 0 Å². The molecular weight excluding hydrogens is 264 g/mol. The Balaban J connectivity index is 2.40. The predicted octanol–water partition coefficient (Wildman–Crippen LogP) is 2.33. The first kappa shape index (κ1) is 13.5. The summed E-state index contributed by atoms with van der Waals surface area (Å²) >= 11 is 0. The Morgan fingerprint density at radius 3 is 2.42 bits per heavy atom. The van der Waals surface area contributed by atoms with Crippen molar-refractivity contribution in [1.82, 2.24) is 0 Å². The number of carbonyl (C=O) groups is 1. The average molecular weight is 278 g/mol. The molecule has 0 bridgehead atoms. The molecular formula is C14H14O4S. The van der Waals surface area contributed by atoms with Crippen molar-refractivity contribution in [3.05, 3.63) is 42.5 Å². The lowest BCUT2D eigenvalue weighted by Crippen LogP contribution is -2.21. The molecule has 0 saturated carbocycles. The lowest BCUT2D eigenvalue weighted by molar-refractivity contribution is -0.140. The van der Waals surface area contributed by atoms with Crippen molar-refractivity contribution in [2.24, 2.45) is 5.92 Å². The molecule has 100 valence electrons. The quantitative estimate of drug-likeness (QED) is 0.931. The van der Waals surface area contributed by atoms with Crippen LogP contribution in [-0.4, -0.2) is 25.2 Å². The van der Waals surface area contributed by atoms with Gasteiger partial charge >= 0.3 is 5.97 Å². The number of fused-ring (bicyclic) bond motifs is 1. The van der Waals surface area contributed by atoms with Gasteiger partial charge in [-0.2, -0.15) is 0 Å². The topological polar surface area (TPSA) is 71.4 Å². The third-order valence-electron chi connectivity index (χ3n) is 2.97. The molecule has 0 saturated heterocycles. The highest BCUT2D eigenvalue weighted by atomic mass is 32.2. The van der Waals surface area contributed by atoms with Crippen molar-refractivity contribution in [3.63, 3.8) is 0 Å². The minimum atomic E-state index is -3.58. The number of hydrogen-bond acceptors (Lipinski definition) is 3. The lowest BCUT2D eigenvalue weighted by Gasteiger charge is -2.08. The monoisotopic (exact) mass is 278 g/mol. The van der Waals surface area contributed by atoms with Gasteiger partial charge in [-0.15, -0.1) is 0 Å². The van der Waals surface area contributed by atoms with Crippen LogP contribution in [0.1, 0.15) is 6.92 Å². The second kappa shape index (κ2) is 5.01. The summed E-state index contributed by atoms with van der Waals surface area (Å²) in [6, 6.07) is 12.3. The molecule has 1 N–H and O–H groups in total. The van der Waals surface area contributed by atoms with Gasteiger partial charge in [-0.25, -0.2) is 8.42 Å². The average Bonchev–Trinajstić information content (AvgIpc) is 2.37. The number of hydrogen-bond donors (Lipinski definition) is 1. The van der Waals surface area contributed by atoms with Crippen LogP contribution in [0.5, 0.6) is 0 Å². The SMILES string of the molecule is CC(CS(=O)(=O)c1ccc2ccccc2c1)C(=O)O. The van der Waals surface area contributed by atoms with Crippen LogP contribution in [0.25, 0.3) is 10.8 Å². The largest absolute Gasteiger partial charge is 0.481 e. The second-order valence-electron chi connectivity index (χ2n) is 4.53. The molecule has 0 fully saturated rings. The van der Waals surface area contributed by atoms with Gasteiger partial charge in [0.2, 0.25) is 0 Å². The highest BCUT2D eigenvalue weighted by Crippen LogP contribution is 2.21. The molecule has 19 heavy (non-hydrogen) atoms. The maximum atomic E-state index is 12.1. The van der Waals surface area contributed by atoms with E-state index < -0.39 is 21.7 Å². The van der Waals surface area contributed by atoms with Crippen molar-refractivity contribution in [2.45, 2.75) is 11.8 Å². The summed E-state index contributed by atoms with van der Waals surface area (Å²) in [6.07, 6.45) is 0. The lowest BCUT2D eigenvalue weighted by atomic mass is 10.1. The Hall–Kier alpha value is -1.88. The Morgan fingerprint density at radius 2 is 1.79 bits per heavy atom. The number of carboxylic acid groups (broad SMARTS) is 1. The highest BCUT2D eigenvalue weighted by Gasteiger charge is 2.22. The van der Waals surface area contributed by atoms with E-state index in [4.69, 9.17) is 5.11 Å². The summed E-state index contributed by atoms with van der Waals surface area (Å²) in [7, 11) is -3.58. The van der Waals surface area contributed by atoms with Gasteiger partial charge in [-0.1, -0.05) is 37.3 Å². The van der Waals surface area contributed by atoms with Crippen molar-refractivity contribution < 1.29 is 18.3 Å². The molecule has 0 aliphatic carbocycles. The zero-order valence-electron chi connectivity index (χ0n) is 10.4.